The smallest absolute Gasteiger partial charge is 0.311 e. The molecule has 0 bridgehead atoms. The van der Waals surface area contributed by atoms with E-state index in [0.29, 0.717) is 13.2 Å². The SMILES string of the molecule is CCCOc1cc(NCC2(O)CCC2)ccc1[N+](=O)[O-]. The molecule has 110 valence electrons. The van der Waals surface area contributed by atoms with Crippen LogP contribution in [0.25, 0.3) is 0 Å². The van der Waals surface area contributed by atoms with Gasteiger partial charge in [0.25, 0.3) is 0 Å². The molecule has 0 saturated heterocycles. The third-order valence-corrected chi connectivity index (χ3v) is 3.52. The lowest BCUT2D eigenvalue weighted by Gasteiger charge is -2.36. The van der Waals surface area contributed by atoms with Gasteiger partial charge in [-0.1, -0.05) is 6.92 Å². The van der Waals surface area contributed by atoms with Crippen molar-refractivity contribution in [2.45, 2.75) is 38.2 Å². The van der Waals surface area contributed by atoms with E-state index in [9.17, 15) is 15.2 Å². The number of anilines is 1. The first-order valence-electron chi connectivity index (χ1n) is 6.91. The van der Waals surface area contributed by atoms with Crippen molar-refractivity contribution < 1.29 is 14.8 Å². The largest absolute Gasteiger partial charge is 0.487 e. The molecule has 0 aromatic heterocycles. The average molecular weight is 280 g/mol. The maximum Gasteiger partial charge on any atom is 0.311 e. The van der Waals surface area contributed by atoms with Gasteiger partial charge in [-0.15, -0.1) is 0 Å². The number of nitrogens with one attached hydrogen (secondary N) is 1. The summed E-state index contributed by atoms with van der Waals surface area (Å²) in [6, 6.07) is 4.69. The zero-order valence-electron chi connectivity index (χ0n) is 11.6. The number of nitrogens with zero attached hydrogens (tertiary/aromatic N) is 1. The predicted octanol–water partition coefficient (Wildman–Crippen LogP) is 2.71. The van der Waals surface area contributed by atoms with Crippen LogP contribution in [0.15, 0.2) is 18.2 Å². The first kappa shape index (κ1) is 14.6. The lowest BCUT2D eigenvalue weighted by atomic mass is 9.80. The number of benzene rings is 1. The van der Waals surface area contributed by atoms with E-state index in [2.05, 4.69) is 5.32 Å². The second-order valence-electron chi connectivity index (χ2n) is 5.22. The monoisotopic (exact) mass is 280 g/mol. The molecule has 20 heavy (non-hydrogen) atoms. The summed E-state index contributed by atoms with van der Waals surface area (Å²) in [5.41, 5.74) is 0.0556. The van der Waals surface area contributed by atoms with Gasteiger partial charge in [-0.25, -0.2) is 0 Å². The minimum Gasteiger partial charge on any atom is -0.487 e. The Morgan fingerprint density at radius 2 is 2.25 bits per heavy atom. The maximum absolute atomic E-state index is 10.9. The highest BCUT2D eigenvalue weighted by Crippen LogP contribution is 2.33. The first-order valence-corrected chi connectivity index (χ1v) is 6.91. The molecule has 6 nitrogen and oxygen atoms in total. The fraction of sp³-hybridized carbons (Fsp3) is 0.571. The van der Waals surface area contributed by atoms with Crippen molar-refractivity contribution in [1.82, 2.24) is 0 Å². The molecule has 1 aliphatic rings. The molecule has 2 rings (SSSR count). The van der Waals surface area contributed by atoms with E-state index in [4.69, 9.17) is 4.74 Å². The minimum absolute atomic E-state index is 0.0358. The molecule has 1 aliphatic carbocycles. The Balaban J connectivity index is 2.07. The van der Waals surface area contributed by atoms with Gasteiger partial charge >= 0.3 is 5.69 Å². The van der Waals surface area contributed by atoms with Gasteiger partial charge in [0.1, 0.15) is 0 Å². The number of hydrogen-bond acceptors (Lipinski definition) is 5. The summed E-state index contributed by atoms with van der Waals surface area (Å²) in [6.45, 7) is 2.84. The van der Waals surface area contributed by atoms with E-state index in [1.165, 1.54) is 6.07 Å². The van der Waals surface area contributed by atoms with Gasteiger partial charge in [-0.3, -0.25) is 10.1 Å². The molecule has 1 saturated carbocycles. The van der Waals surface area contributed by atoms with Gasteiger partial charge in [-0.2, -0.15) is 0 Å². The summed E-state index contributed by atoms with van der Waals surface area (Å²) in [5.74, 6) is 0.266. The summed E-state index contributed by atoms with van der Waals surface area (Å²) in [7, 11) is 0. The standard InChI is InChI=1S/C14H20N2O4/c1-2-8-20-13-9-11(4-5-12(13)16(18)19)15-10-14(17)6-3-7-14/h4-5,9,15,17H,2-3,6-8,10H2,1H3. The van der Waals surface area contributed by atoms with Crippen molar-refractivity contribution >= 4 is 11.4 Å². The van der Waals surface area contributed by atoms with E-state index < -0.39 is 10.5 Å². The van der Waals surface area contributed by atoms with Crippen molar-refractivity contribution in [2.24, 2.45) is 0 Å². The van der Waals surface area contributed by atoms with Crippen molar-refractivity contribution in [1.29, 1.82) is 0 Å². The molecule has 0 spiro atoms. The lowest BCUT2D eigenvalue weighted by molar-refractivity contribution is -0.385. The fourth-order valence-electron chi connectivity index (χ4n) is 2.13. The van der Waals surface area contributed by atoms with Crippen molar-refractivity contribution in [2.75, 3.05) is 18.5 Å². The highest BCUT2D eigenvalue weighted by atomic mass is 16.6. The highest BCUT2D eigenvalue weighted by Gasteiger charge is 2.34. The van der Waals surface area contributed by atoms with Crippen LogP contribution in [-0.4, -0.2) is 28.8 Å². The molecule has 0 unspecified atom stereocenters. The minimum atomic E-state index is -0.633. The topological polar surface area (TPSA) is 84.6 Å². The number of aliphatic hydroxyl groups is 1. The average Bonchev–Trinajstić information content (AvgIpc) is 2.40. The van der Waals surface area contributed by atoms with E-state index in [0.717, 1.165) is 31.4 Å². The van der Waals surface area contributed by atoms with Crippen LogP contribution in [0.2, 0.25) is 0 Å². The molecule has 0 aliphatic heterocycles. The van der Waals surface area contributed by atoms with Gasteiger partial charge in [0, 0.05) is 24.4 Å². The van der Waals surface area contributed by atoms with Gasteiger partial charge in [-0.05, 0) is 31.7 Å². The number of rotatable bonds is 7. The van der Waals surface area contributed by atoms with E-state index >= 15 is 0 Å². The molecule has 1 aromatic rings. The Kier molecular flexibility index (Phi) is 4.44. The van der Waals surface area contributed by atoms with Crippen LogP contribution in [0.4, 0.5) is 11.4 Å². The zero-order valence-corrected chi connectivity index (χ0v) is 11.6. The molecule has 1 fully saturated rings. The molecule has 6 heteroatoms. The van der Waals surface area contributed by atoms with E-state index in [1.54, 1.807) is 12.1 Å². The van der Waals surface area contributed by atoms with Crippen LogP contribution >= 0.6 is 0 Å². The van der Waals surface area contributed by atoms with Crippen LogP contribution in [0.1, 0.15) is 32.6 Å². The van der Waals surface area contributed by atoms with Crippen LogP contribution in [0, 0.1) is 10.1 Å². The zero-order chi connectivity index (χ0) is 14.6. The Labute approximate surface area is 117 Å². The molecule has 2 N–H and O–H groups in total. The summed E-state index contributed by atoms with van der Waals surface area (Å²) in [5, 5.41) is 24.1. The van der Waals surface area contributed by atoms with Crippen LogP contribution in [0.3, 0.4) is 0 Å². The molecular formula is C14H20N2O4. The van der Waals surface area contributed by atoms with Crippen LogP contribution in [0.5, 0.6) is 5.75 Å². The van der Waals surface area contributed by atoms with E-state index in [-0.39, 0.29) is 11.4 Å². The lowest BCUT2D eigenvalue weighted by Crippen LogP contribution is -2.43. The van der Waals surface area contributed by atoms with Crippen LogP contribution < -0.4 is 10.1 Å². The number of ether oxygens (including phenoxy) is 1. The second-order valence-corrected chi connectivity index (χ2v) is 5.22. The quantitative estimate of drug-likeness (QED) is 0.592. The van der Waals surface area contributed by atoms with Gasteiger partial charge in [0.2, 0.25) is 0 Å². The maximum atomic E-state index is 10.9. The molecule has 0 heterocycles. The Hall–Kier alpha value is -1.82. The van der Waals surface area contributed by atoms with Crippen molar-refractivity contribution in [3.63, 3.8) is 0 Å². The van der Waals surface area contributed by atoms with E-state index in [1.807, 2.05) is 6.92 Å². The summed E-state index contributed by atoms with van der Waals surface area (Å²) in [4.78, 5) is 10.5. The Morgan fingerprint density at radius 1 is 1.50 bits per heavy atom. The highest BCUT2D eigenvalue weighted by molar-refractivity contribution is 5.58. The summed E-state index contributed by atoms with van der Waals surface area (Å²) < 4.78 is 5.42. The fourth-order valence-corrected chi connectivity index (χ4v) is 2.13. The van der Waals surface area contributed by atoms with Crippen molar-refractivity contribution in [3.05, 3.63) is 28.3 Å². The Morgan fingerprint density at radius 3 is 2.80 bits per heavy atom. The summed E-state index contributed by atoms with van der Waals surface area (Å²) in [6.07, 6.45) is 3.43. The molecule has 0 radical (unpaired) electrons. The van der Waals surface area contributed by atoms with Gasteiger partial charge in [0.05, 0.1) is 17.1 Å². The molecule has 0 amide bonds. The second kappa shape index (κ2) is 6.09. The van der Waals surface area contributed by atoms with Crippen molar-refractivity contribution in [3.8, 4) is 5.75 Å². The normalized spacial score (nSPS) is 16.3. The Bertz CT molecular complexity index is 486. The number of nitro groups is 1. The number of nitro benzene ring substituents is 1. The third-order valence-electron chi connectivity index (χ3n) is 3.52. The molecular weight excluding hydrogens is 260 g/mol. The number of hydrogen-bond donors (Lipinski definition) is 2. The molecule has 0 atom stereocenters. The van der Waals surface area contributed by atoms with Crippen LogP contribution in [-0.2, 0) is 0 Å². The van der Waals surface area contributed by atoms with Gasteiger partial charge < -0.3 is 15.2 Å². The molecule has 1 aromatic carbocycles. The summed E-state index contributed by atoms with van der Waals surface area (Å²) >= 11 is 0. The third kappa shape index (κ3) is 3.39. The predicted molar refractivity (Wildman–Crippen MR) is 76.2 cm³/mol. The first-order chi connectivity index (χ1) is 9.54. The van der Waals surface area contributed by atoms with Gasteiger partial charge in [0.15, 0.2) is 5.75 Å².